The number of aromatic nitrogens is 1. The highest BCUT2D eigenvalue weighted by molar-refractivity contribution is 7.09. The average molecular weight is 250 g/mol. The van der Waals surface area contributed by atoms with Crippen LogP contribution in [-0.2, 0) is 6.42 Å². The van der Waals surface area contributed by atoms with Crippen LogP contribution in [0.2, 0.25) is 0 Å². The van der Waals surface area contributed by atoms with Crippen LogP contribution >= 0.6 is 11.3 Å². The molecule has 2 aromatic rings. The third-order valence-corrected chi connectivity index (χ3v) is 3.43. The molecule has 90 valence electrons. The monoisotopic (exact) mass is 250 g/mol. The quantitative estimate of drug-likeness (QED) is 0.906. The number of rotatable bonds is 4. The minimum Gasteiger partial charge on any atom is -0.361 e. The Balaban J connectivity index is 1.90. The van der Waals surface area contributed by atoms with Gasteiger partial charge in [0.05, 0.1) is 5.69 Å². The summed E-state index contributed by atoms with van der Waals surface area (Å²) in [5.74, 6) is 0.453. The maximum Gasteiger partial charge on any atom is 0.256 e. The van der Waals surface area contributed by atoms with E-state index in [1.165, 1.54) is 4.88 Å². The van der Waals surface area contributed by atoms with E-state index in [1.807, 2.05) is 11.4 Å². The van der Waals surface area contributed by atoms with Gasteiger partial charge in [-0.15, -0.1) is 11.3 Å². The molecule has 0 fully saturated rings. The number of nitrogens with one attached hydrogen (secondary N) is 1. The Bertz CT molecular complexity index is 483. The number of hydrogen-bond acceptors (Lipinski definition) is 4. The first-order valence-corrected chi connectivity index (χ1v) is 6.30. The molecule has 0 radical (unpaired) electrons. The fourth-order valence-corrected chi connectivity index (χ4v) is 2.36. The van der Waals surface area contributed by atoms with Crippen molar-refractivity contribution in [3.63, 3.8) is 0 Å². The normalized spacial score (nSPS) is 10.5. The van der Waals surface area contributed by atoms with Gasteiger partial charge in [0.1, 0.15) is 11.3 Å². The van der Waals surface area contributed by atoms with Crippen molar-refractivity contribution in [1.29, 1.82) is 0 Å². The number of carbonyl (C=O) groups is 1. The molecule has 2 aromatic heterocycles. The molecular weight excluding hydrogens is 236 g/mol. The van der Waals surface area contributed by atoms with Crippen molar-refractivity contribution >= 4 is 17.2 Å². The van der Waals surface area contributed by atoms with Crippen LogP contribution < -0.4 is 5.32 Å². The largest absolute Gasteiger partial charge is 0.361 e. The van der Waals surface area contributed by atoms with Crippen LogP contribution in [0, 0.1) is 13.8 Å². The minimum absolute atomic E-state index is 0.113. The lowest BCUT2D eigenvalue weighted by Gasteiger charge is -2.03. The Labute approximate surface area is 104 Å². The van der Waals surface area contributed by atoms with Crippen molar-refractivity contribution in [3.8, 4) is 0 Å². The summed E-state index contributed by atoms with van der Waals surface area (Å²) in [5, 5.41) is 8.67. The van der Waals surface area contributed by atoms with Crippen LogP contribution in [0.25, 0.3) is 0 Å². The number of amides is 1. The van der Waals surface area contributed by atoms with Crippen molar-refractivity contribution in [2.24, 2.45) is 0 Å². The smallest absolute Gasteiger partial charge is 0.256 e. The second kappa shape index (κ2) is 5.14. The van der Waals surface area contributed by atoms with Gasteiger partial charge in [0.25, 0.3) is 5.91 Å². The van der Waals surface area contributed by atoms with E-state index in [9.17, 15) is 4.79 Å². The van der Waals surface area contributed by atoms with Crippen LogP contribution in [-0.4, -0.2) is 17.6 Å². The van der Waals surface area contributed by atoms with Gasteiger partial charge in [0, 0.05) is 11.4 Å². The van der Waals surface area contributed by atoms with Crippen molar-refractivity contribution in [3.05, 3.63) is 39.4 Å². The Morgan fingerprint density at radius 1 is 1.53 bits per heavy atom. The molecule has 5 heteroatoms. The molecule has 17 heavy (non-hydrogen) atoms. The standard InChI is InChI=1S/C12H14N2O2S/c1-8-11(9(2)16-14-8)12(15)13-6-5-10-4-3-7-17-10/h3-4,7H,5-6H2,1-2H3,(H,13,15). The maximum absolute atomic E-state index is 11.9. The first kappa shape index (κ1) is 11.9. The lowest BCUT2D eigenvalue weighted by atomic mass is 10.2. The van der Waals surface area contributed by atoms with Crippen LogP contribution in [0.1, 0.15) is 26.7 Å². The number of nitrogens with zero attached hydrogens (tertiary/aromatic N) is 1. The molecule has 0 aliphatic carbocycles. The van der Waals surface area contributed by atoms with Crippen LogP contribution in [0.15, 0.2) is 22.0 Å². The molecule has 0 atom stereocenters. The van der Waals surface area contributed by atoms with Crippen molar-refractivity contribution in [2.45, 2.75) is 20.3 Å². The summed E-state index contributed by atoms with van der Waals surface area (Å²) >= 11 is 1.70. The summed E-state index contributed by atoms with van der Waals surface area (Å²) in [4.78, 5) is 13.1. The fourth-order valence-electron chi connectivity index (χ4n) is 1.65. The Morgan fingerprint density at radius 2 is 2.35 bits per heavy atom. The predicted octanol–water partition coefficient (Wildman–Crippen LogP) is 2.33. The van der Waals surface area contributed by atoms with Crippen LogP contribution in [0.5, 0.6) is 0 Å². The second-order valence-electron chi connectivity index (χ2n) is 3.78. The van der Waals surface area contributed by atoms with E-state index in [2.05, 4.69) is 16.5 Å². The molecule has 0 bridgehead atoms. The highest BCUT2D eigenvalue weighted by Gasteiger charge is 2.16. The molecule has 0 unspecified atom stereocenters. The summed E-state index contributed by atoms with van der Waals surface area (Å²) in [6, 6.07) is 4.07. The van der Waals surface area contributed by atoms with E-state index in [-0.39, 0.29) is 5.91 Å². The van der Waals surface area contributed by atoms with E-state index >= 15 is 0 Å². The zero-order valence-corrected chi connectivity index (χ0v) is 10.6. The summed E-state index contributed by atoms with van der Waals surface area (Å²) in [5.41, 5.74) is 1.19. The SMILES string of the molecule is Cc1noc(C)c1C(=O)NCCc1cccs1. The van der Waals surface area contributed by atoms with Gasteiger partial charge in [-0.05, 0) is 31.7 Å². The Kier molecular flexibility index (Phi) is 3.58. The molecule has 0 aliphatic heterocycles. The zero-order valence-electron chi connectivity index (χ0n) is 9.82. The van der Waals surface area contributed by atoms with Crippen LogP contribution in [0.4, 0.5) is 0 Å². The fraction of sp³-hybridized carbons (Fsp3) is 0.333. The summed E-state index contributed by atoms with van der Waals surface area (Å²) in [7, 11) is 0. The zero-order chi connectivity index (χ0) is 12.3. The van der Waals surface area contributed by atoms with Gasteiger partial charge in [-0.25, -0.2) is 0 Å². The molecule has 2 heterocycles. The van der Waals surface area contributed by atoms with E-state index in [0.29, 0.717) is 23.6 Å². The van der Waals surface area contributed by atoms with E-state index in [1.54, 1.807) is 25.2 Å². The highest BCUT2D eigenvalue weighted by atomic mass is 32.1. The van der Waals surface area contributed by atoms with E-state index < -0.39 is 0 Å². The molecule has 4 nitrogen and oxygen atoms in total. The van der Waals surface area contributed by atoms with Gasteiger partial charge in [-0.1, -0.05) is 11.2 Å². The first-order chi connectivity index (χ1) is 8.18. The molecule has 0 saturated heterocycles. The molecular formula is C12H14N2O2S. The first-order valence-electron chi connectivity index (χ1n) is 5.42. The molecule has 0 aromatic carbocycles. The number of hydrogen-bond donors (Lipinski definition) is 1. The molecule has 0 saturated carbocycles. The highest BCUT2D eigenvalue weighted by Crippen LogP contribution is 2.12. The van der Waals surface area contributed by atoms with Crippen molar-refractivity contribution in [1.82, 2.24) is 10.5 Å². The van der Waals surface area contributed by atoms with Gasteiger partial charge >= 0.3 is 0 Å². The summed E-state index contributed by atoms with van der Waals surface area (Å²) in [6.07, 6.45) is 0.854. The van der Waals surface area contributed by atoms with Crippen molar-refractivity contribution < 1.29 is 9.32 Å². The van der Waals surface area contributed by atoms with Gasteiger partial charge in [-0.3, -0.25) is 4.79 Å². The Hall–Kier alpha value is -1.62. The molecule has 1 amide bonds. The van der Waals surface area contributed by atoms with Gasteiger partial charge in [-0.2, -0.15) is 0 Å². The average Bonchev–Trinajstić information content (AvgIpc) is 2.89. The van der Waals surface area contributed by atoms with E-state index in [0.717, 1.165) is 6.42 Å². The second-order valence-corrected chi connectivity index (χ2v) is 4.82. The Morgan fingerprint density at radius 3 is 2.94 bits per heavy atom. The van der Waals surface area contributed by atoms with E-state index in [4.69, 9.17) is 4.52 Å². The summed E-state index contributed by atoms with van der Waals surface area (Å²) < 4.78 is 4.96. The minimum atomic E-state index is -0.113. The predicted molar refractivity (Wildman–Crippen MR) is 66.3 cm³/mol. The lowest BCUT2D eigenvalue weighted by Crippen LogP contribution is -2.26. The van der Waals surface area contributed by atoms with Gasteiger partial charge in [0.15, 0.2) is 0 Å². The molecule has 0 spiro atoms. The third-order valence-electron chi connectivity index (χ3n) is 2.50. The number of carbonyl (C=O) groups excluding carboxylic acids is 1. The van der Waals surface area contributed by atoms with Gasteiger partial charge in [0.2, 0.25) is 0 Å². The topological polar surface area (TPSA) is 55.1 Å². The molecule has 0 aliphatic rings. The summed E-state index contributed by atoms with van der Waals surface area (Å²) in [6.45, 7) is 4.14. The van der Waals surface area contributed by atoms with Gasteiger partial charge < -0.3 is 9.84 Å². The number of aryl methyl sites for hydroxylation is 2. The molecule has 1 N–H and O–H groups in total. The number of thiophene rings is 1. The maximum atomic E-state index is 11.9. The van der Waals surface area contributed by atoms with Crippen LogP contribution in [0.3, 0.4) is 0 Å². The van der Waals surface area contributed by atoms with Crippen molar-refractivity contribution in [2.75, 3.05) is 6.54 Å². The molecule has 2 rings (SSSR count). The third kappa shape index (κ3) is 2.74. The lowest BCUT2D eigenvalue weighted by molar-refractivity contribution is 0.0952.